The zero-order chi connectivity index (χ0) is 14.0. The summed E-state index contributed by atoms with van der Waals surface area (Å²) in [6, 6.07) is 3.67. The molecule has 4 nitrogen and oxygen atoms in total. The Morgan fingerprint density at radius 1 is 1.42 bits per heavy atom. The predicted molar refractivity (Wildman–Crippen MR) is 64.9 cm³/mol. The molecular formula is C13H14F2N2O2. The van der Waals surface area contributed by atoms with Crippen molar-refractivity contribution in [1.29, 1.82) is 0 Å². The Bertz CT molecular complexity index is 563. The topological polar surface area (TPSA) is 47.3 Å². The van der Waals surface area contributed by atoms with Gasteiger partial charge in [-0.2, -0.15) is 5.10 Å². The van der Waals surface area contributed by atoms with Crippen molar-refractivity contribution in [2.75, 3.05) is 7.11 Å². The SMILES string of the molecule is CCn1ncc(OC)c1C(O)c1cccc(F)c1F. The number of aromatic nitrogens is 2. The molecule has 1 aromatic carbocycles. The van der Waals surface area contributed by atoms with E-state index >= 15 is 0 Å². The van der Waals surface area contributed by atoms with Crippen molar-refractivity contribution >= 4 is 0 Å². The molecule has 0 radical (unpaired) electrons. The average molecular weight is 268 g/mol. The van der Waals surface area contributed by atoms with E-state index in [4.69, 9.17) is 4.74 Å². The normalized spacial score (nSPS) is 12.5. The Morgan fingerprint density at radius 2 is 2.16 bits per heavy atom. The Hall–Kier alpha value is -1.95. The first-order valence-corrected chi connectivity index (χ1v) is 5.81. The zero-order valence-electron chi connectivity index (χ0n) is 10.6. The number of hydrogen-bond acceptors (Lipinski definition) is 3. The molecule has 0 spiro atoms. The van der Waals surface area contributed by atoms with Crippen LogP contribution in [0.1, 0.15) is 24.3 Å². The minimum absolute atomic E-state index is 0.145. The third-order valence-corrected chi connectivity index (χ3v) is 2.90. The maximum atomic E-state index is 13.7. The summed E-state index contributed by atoms with van der Waals surface area (Å²) in [5.41, 5.74) is 0.156. The Morgan fingerprint density at radius 3 is 2.79 bits per heavy atom. The lowest BCUT2D eigenvalue weighted by Gasteiger charge is -2.15. The molecule has 0 saturated heterocycles. The van der Waals surface area contributed by atoms with Crippen LogP contribution in [-0.4, -0.2) is 22.0 Å². The smallest absolute Gasteiger partial charge is 0.165 e. The van der Waals surface area contributed by atoms with Crippen molar-refractivity contribution in [2.24, 2.45) is 0 Å². The summed E-state index contributed by atoms with van der Waals surface area (Å²) in [4.78, 5) is 0. The number of benzene rings is 1. The number of aliphatic hydroxyl groups excluding tert-OH is 1. The van der Waals surface area contributed by atoms with Gasteiger partial charge >= 0.3 is 0 Å². The third-order valence-electron chi connectivity index (χ3n) is 2.90. The average Bonchev–Trinajstić information content (AvgIpc) is 2.84. The van der Waals surface area contributed by atoms with Crippen LogP contribution in [0.15, 0.2) is 24.4 Å². The van der Waals surface area contributed by atoms with E-state index < -0.39 is 17.7 Å². The Labute approximate surface area is 109 Å². The maximum absolute atomic E-state index is 13.7. The summed E-state index contributed by atoms with van der Waals surface area (Å²) in [6.07, 6.45) is 0.0901. The fourth-order valence-electron chi connectivity index (χ4n) is 1.94. The van der Waals surface area contributed by atoms with E-state index in [-0.39, 0.29) is 5.56 Å². The number of ether oxygens (including phenoxy) is 1. The molecule has 0 aliphatic heterocycles. The summed E-state index contributed by atoms with van der Waals surface area (Å²) in [6.45, 7) is 2.30. The summed E-state index contributed by atoms with van der Waals surface area (Å²) >= 11 is 0. The van der Waals surface area contributed by atoms with E-state index in [1.807, 2.05) is 6.92 Å². The number of aryl methyl sites for hydroxylation is 1. The molecule has 1 atom stereocenters. The number of rotatable bonds is 4. The summed E-state index contributed by atoms with van der Waals surface area (Å²) < 4.78 is 33.5. The Kier molecular flexibility index (Phi) is 3.80. The molecule has 6 heteroatoms. The molecule has 2 rings (SSSR count). The highest BCUT2D eigenvalue weighted by Crippen LogP contribution is 2.31. The van der Waals surface area contributed by atoms with Gasteiger partial charge < -0.3 is 9.84 Å². The lowest BCUT2D eigenvalue weighted by molar-refractivity contribution is 0.196. The van der Waals surface area contributed by atoms with Gasteiger partial charge in [0.2, 0.25) is 0 Å². The molecule has 1 N–H and O–H groups in total. The molecule has 0 amide bonds. The molecule has 1 unspecified atom stereocenters. The minimum Gasteiger partial charge on any atom is -0.493 e. The van der Waals surface area contributed by atoms with E-state index in [9.17, 15) is 13.9 Å². The second-order valence-corrected chi connectivity index (χ2v) is 3.96. The zero-order valence-corrected chi connectivity index (χ0v) is 10.6. The molecule has 2 aromatic rings. The van der Waals surface area contributed by atoms with E-state index in [1.165, 1.54) is 30.1 Å². The van der Waals surface area contributed by atoms with Crippen molar-refractivity contribution in [3.05, 3.63) is 47.3 Å². The van der Waals surface area contributed by atoms with Gasteiger partial charge in [-0.1, -0.05) is 12.1 Å². The van der Waals surface area contributed by atoms with E-state index in [2.05, 4.69) is 5.10 Å². The lowest BCUT2D eigenvalue weighted by Crippen LogP contribution is -2.12. The molecule has 19 heavy (non-hydrogen) atoms. The molecule has 0 aliphatic carbocycles. The Balaban J connectivity index is 2.52. The van der Waals surface area contributed by atoms with Gasteiger partial charge in [-0.25, -0.2) is 8.78 Å². The lowest BCUT2D eigenvalue weighted by atomic mass is 10.1. The molecular weight excluding hydrogens is 254 g/mol. The van der Waals surface area contributed by atoms with Crippen molar-refractivity contribution in [2.45, 2.75) is 19.6 Å². The quantitative estimate of drug-likeness (QED) is 0.925. The predicted octanol–water partition coefficient (Wildman–Crippen LogP) is 2.27. The molecule has 0 saturated carbocycles. The second kappa shape index (κ2) is 5.36. The molecule has 0 aliphatic rings. The largest absolute Gasteiger partial charge is 0.493 e. The first-order valence-electron chi connectivity index (χ1n) is 5.81. The highest BCUT2D eigenvalue weighted by atomic mass is 19.2. The number of halogens is 2. The number of nitrogens with zero attached hydrogens (tertiary/aromatic N) is 2. The first kappa shape index (κ1) is 13.5. The van der Waals surface area contributed by atoms with Crippen molar-refractivity contribution in [1.82, 2.24) is 9.78 Å². The molecule has 0 fully saturated rings. The standard InChI is InChI=1S/C13H14F2N2O2/c1-3-17-12(10(19-2)7-16-17)13(18)8-5-4-6-9(14)11(8)15/h4-7,13,18H,3H2,1-2H3. The molecule has 102 valence electrons. The highest BCUT2D eigenvalue weighted by Gasteiger charge is 2.24. The molecule has 1 heterocycles. The first-order chi connectivity index (χ1) is 9.10. The van der Waals surface area contributed by atoms with Gasteiger partial charge in [-0.05, 0) is 13.0 Å². The van der Waals surface area contributed by atoms with Crippen LogP contribution in [0.5, 0.6) is 5.75 Å². The third kappa shape index (κ3) is 2.31. The monoisotopic (exact) mass is 268 g/mol. The van der Waals surface area contributed by atoms with Gasteiger partial charge in [-0.3, -0.25) is 4.68 Å². The fourth-order valence-corrected chi connectivity index (χ4v) is 1.94. The van der Waals surface area contributed by atoms with Crippen LogP contribution in [-0.2, 0) is 6.54 Å². The van der Waals surface area contributed by atoms with Crippen LogP contribution in [0.4, 0.5) is 8.78 Å². The van der Waals surface area contributed by atoms with Gasteiger partial charge in [0.15, 0.2) is 17.4 Å². The van der Waals surface area contributed by atoms with Crippen molar-refractivity contribution in [3.8, 4) is 5.75 Å². The summed E-state index contributed by atoms with van der Waals surface area (Å²) in [5.74, 6) is -1.74. The van der Waals surface area contributed by atoms with E-state index in [1.54, 1.807) is 0 Å². The van der Waals surface area contributed by atoms with Gasteiger partial charge in [-0.15, -0.1) is 0 Å². The molecule has 1 aromatic heterocycles. The number of aliphatic hydroxyl groups is 1. The summed E-state index contributed by atoms with van der Waals surface area (Å²) in [5, 5.41) is 14.3. The molecule has 0 bridgehead atoms. The summed E-state index contributed by atoms with van der Waals surface area (Å²) in [7, 11) is 1.43. The maximum Gasteiger partial charge on any atom is 0.165 e. The number of hydrogen-bond donors (Lipinski definition) is 1. The van der Waals surface area contributed by atoms with Crippen molar-refractivity contribution < 1.29 is 18.6 Å². The van der Waals surface area contributed by atoms with Gasteiger partial charge in [0, 0.05) is 12.1 Å². The van der Waals surface area contributed by atoms with E-state index in [0.717, 1.165) is 6.07 Å². The van der Waals surface area contributed by atoms with Crippen LogP contribution in [0.3, 0.4) is 0 Å². The minimum atomic E-state index is -1.34. The van der Waals surface area contributed by atoms with Crippen LogP contribution in [0.25, 0.3) is 0 Å². The van der Waals surface area contributed by atoms with Crippen LogP contribution < -0.4 is 4.74 Å². The van der Waals surface area contributed by atoms with Gasteiger partial charge in [0.05, 0.1) is 13.3 Å². The van der Waals surface area contributed by atoms with Crippen LogP contribution in [0.2, 0.25) is 0 Å². The van der Waals surface area contributed by atoms with E-state index in [0.29, 0.717) is 18.0 Å². The van der Waals surface area contributed by atoms with Crippen LogP contribution in [0, 0.1) is 11.6 Å². The van der Waals surface area contributed by atoms with Gasteiger partial charge in [0.1, 0.15) is 11.8 Å². The highest BCUT2D eigenvalue weighted by molar-refractivity contribution is 5.35. The fraction of sp³-hybridized carbons (Fsp3) is 0.308. The van der Waals surface area contributed by atoms with Gasteiger partial charge in [0.25, 0.3) is 0 Å². The number of methoxy groups -OCH3 is 1. The second-order valence-electron chi connectivity index (χ2n) is 3.96. The van der Waals surface area contributed by atoms with Crippen molar-refractivity contribution in [3.63, 3.8) is 0 Å². The van der Waals surface area contributed by atoms with Crippen LogP contribution >= 0.6 is 0 Å².